The summed E-state index contributed by atoms with van der Waals surface area (Å²) in [7, 11) is 0. The molecule has 0 aliphatic rings. The van der Waals surface area contributed by atoms with E-state index in [0.29, 0.717) is 11.1 Å². The van der Waals surface area contributed by atoms with Gasteiger partial charge in [-0.1, -0.05) is 24.3 Å². The van der Waals surface area contributed by atoms with Crippen LogP contribution < -0.4 is 29.6 Å². The number of non-ortho nitro benzene ring substituents is 2. The average molecular weight is 267 g/mol. The van der Waals surface area contributed by atoms with Gasteiger partial charge in [-0.05, 0) is 11.1 Å². The Hall–Kier alpha value is -1.76. The van der Waals surface area contributed by atoms with Gasteiger partial charge in [0.2, 0.25) is 0 Å². The van der Waals surface area contributed by atoms with Crippen molar-refractivity contribution in [2.24, 2.45) is 0 Å². The second kappa shape index (κ2) is 6.42. The number of benzene rings is 2. The smallest absolute Gasteiger partial charge is 0.258 e. The van der Waals surface area contributed by atoms with Crippen molar-refractivity contribution < 1.29 is 39.4 Å². The molecule has 19 heavy (non-hydrogen) atoms. The number of hydrogen-bond acceptors (Lipinski definition) is 4. The van der Waals surface area contributed by atoms with Crippen LogP contribution in [0.2, 0.25) is 0 Å². The van der Waals surface area contributed by atoms with Crippen LogP contribution >= 0.6 is 0 Å². The fourth-order valence-corrected chi connectivity index (χ4v) is 1.60. The quantitative estimate of drug-likeness (QED) is 0.451. The minimum Gasteiger partial charge on any atom is -0.258 e. The molecule has 0 amide bonds. The predicted molar refractivity (Wildman–Crippen MR) is 65.2 cm³/mol. The van der Waals surface area contributed by atoms with Gasteiger partial charge in [-0.15, -0.1) is 0 Å². The molecule has 0 heterocycles. The molecule has 0 N–H and O–H groups in total. The minimum absolute atomic E-state index is 0. The van der Waals surface area contributed by atoms with Crippen molar-refractivity contribution in [1.29, 1.82) is 0 Å². The van der Waals surface area contributed by atoms with Crippen molar-refractivity contribution in [3.63, 3.8) is 0 Å². The third-order valence-electron chi connectivity index (χ3n) is 2.45. The molecule has 0 unspecified atom stereocenters. The van der Waals surface area contributed by atoms with E-state index in [1.165, 1.54) is 24.3 Å². The summed E-state index contributed by atoms with van der Waals surface area (Å²) in [6.45, 7) is 0. The van der Waals surface area contributed by atoms with E-state index in [1.807, 2.05) is 0 Å². The van der Waals surface area contributed by atoms with Crippen LogP contribution in [0.25, 0.3) is 11.1 Å². The van der Waals surface area contributed by atoms with E-state index in [1.54, 1.807) is 24.3 Å². The largest absolute Gasteiger partial charge is 1.00 e. The molecule has 0 fully saturated rings. The third-order valence-corrected chi connectivity index (χ3v) is 2.45. The van der Waals surface area contributed by atoms with Crippen LogP contribution in [0.4, 0.5) is 11.4 Å². The topological polar surface area (TPSA) is 86.3 Å². The molecule has 2 rings (SSSR count). The Balaban J connectivity index is 0.00000180. The Morgan fingerprint density at radius 1 is 0.737 bits per heavy atom. The fourth-order valence-electron chi connectivity index (χ4n) is 1.60. The molecule has 2 aromatic carbocycles. The summed E-state index contributed by atoms with van der Waals surface area (Å²) in [4.78, 5) is 20.3. The van der Waals surface area contributed by atoms with Crippen LogP contribution in [0.5, 0.6) is 0 Å². The predicted octanol–water partition coefficient (Wildman–Crippen LogP) is 0.174. The van der Waals surface area contributed by atoms with E-state index < -0.39 is 9.85 Å². The number of nitrogens with zero attached hydrogens (tertiary/aromatic N) is 2. The van der Waals surface area contributed by atoms with E-state index in [2.05, 4.69) is 0 Å². The van der Waals surface area contributed by atoms with Gasteiger partial charge in [-0.3, -0.25) is 20.2 Å². The van der Waals surface area contributed by atoms with Gasteiger partial charge in [0, 0.05) is 24.3 Å². The van der Waals surface area contributed by atoms with E-state index >= 15 is 0 Å². The molecule has 0 saturated carbocycles. The maximum absolute atomic E-state index is 10.7. The number of rotatable bonds is 3. The fraction of sp³-hybridized carbons (Fsp3) is 0. The molecule has 0 aliphatic heterocycles. The van der Waals surface area contributed by atoms with Crippen molar-refractivity contribution in [2.45, 2.75) is 0 Å². The van der Waals surface area contributed by atoms with Crippen molar-refractivity contribution >= 4 is 11.4 Å². The van der Waals surface area contributed by atoms with Crippen molar-refractivity contribution in [3.8, 4) is 11.1 Å². The minimum atomic E-state index is -0.499. The molecule has 0 saturated heterocycles. The first-order valence-electron chi connectivity index (χ1n) is 5.07. The third kappa shape index (κ3) is 3.60. The van der Waals surface area contributed by atoms with Gasteiger partial charge in [-0.2, -0.15) is 0 Å². The van der Waals surface area contributed by atoms with Gasteiger partial charge >= 0.3 is 29.6 Å². The first kappa shape index (κ1) is 15.3. The Morgan fingerprint density at radius 2 is 1.11 bits per heavy atom. The summed E-state index contributed by atoms with van der Waals surface area (Å²) in [5, 5.41) is 21.3. The van der Waals surface area contributed by atoms with Gasteiger partial charge < -0.3 is 0 Å². The van der Waals surface area contributed by atoms with Crippen molar-refractivity contribution in [1.82, 2.24) is 0 Å². The molecule has 7 heteroatoms. The van der Waals surface area contributed by atoms with Gasteiger partial charge in [0.05, 0.1) is 9.85 Å². The molecule has 0 atom stereocenters. The first-order chi connectivity index (χ1) is 8.58. The van der Waals surface area contributed by atoms with E-state index in [4.69, 9.17) is 0 Å². The summed E-state index contributed by atoms with van der Waals surface area (Å²) in [6, 6.07) is 12.0. The van der Waals surface area contributed by atoms with E-state index in [0.717, 1.165) is 0 Å². The number of nitro benzene ring substituents is 2. The molecule has 0 bridgehead atoms. The molecule has 2 aromatic rings. The molecule has 90 valence electrons. The standard InChI is InChI=1S/C12H8N2O4.Na/c15-13(16)11-5-1-3-9(7-11)10-4-2-6-12(8-10)14(17)18;/h1-8H;/q;+1. The van der Waals surface area contributed by atoms with Gasteiger partial charge in [-0.25, -0.2) is 0 Å². The normalized spacial score (nSPS) is 9.47. The van der Waals surface area contributed by atoms with Crippen LogP contribution in [0.15, 0.2) is 48.5 Å². The molecule has 0 aromatic heterocycles. The van der Waals surface area contributed by atoms with Gasteiger partial charge in [0.15, 0.2) is 0 Å². The van der Waals surface area contributed by atoms with Crippen LogP contribution in [0.1, 0.15) is 0 Å². The van der Waals surface area contributed by atoms with E-state index in [9.17, 15) is 20.2 Å². The summed E-state index contributed by atoms with van der Waals surface area (Å²) in [5.41, 5.74) is 1.07. The maximum atomic E-state index is 10.7. The Bertz CT molecular complexity index is 575. The van der Waals surface area contributed by atoms with Gasteiger partial charge in [0.1, 0.15) is 0 Å². The van der Waals surface area contributed by atoms with Crippen molar-refractivity contribution in [3.05, 3.63) is 68.8 Å². The van der Waals surface area contributed by atoms with Crippen molar-refractivity contribution in [2.75, 3.05) is 0 Å². The maximum Gasteiger partial charge on any atom is 1.00 e. The van der Waals surface area contributed by atoms with Gasteiger partial charge in [0.25, 0.3) is 11.4 Å². The SMILES string of the molecule is O=[N+]([O-])c1cccc(-c2cccc([N+](=O)[O-])c2)c1.[Na+]. The summed E-state index contributed by atoms with van der Waals surface area (Å²) in [5.74, 6) is 0. The number of hydrogen-bond donors (Lipinski definition) is 0. The molecule has 0 aliphatic carbocycles. The molecular formula is C12H8N2NaO4+. The second-order valence-corrected chi connectivity index (χ2v) is 3.61. The Morgan fingerprint density at radius 3 is 1.42 bits per heavy atom. The summed E-state index contributed by atoms with van der Waals surface area (Å²) >= 11 is 0. The summed E-state index contributed by atoms with van der Waals surface area (Å²) < 4.78 is 0. The summed E-state index contributed by atoms with van der Waals surface area (Å²) in [6.07, 6.45) is 0. The van der Waals surface area contributed by atoms with Crippen LogP contribution in [-0.2, 0) is 0 Å². The molecular weight excluding hydrogens is 259 g/mol. The zero-order valence-corrected chi connectivity index (χ0v) is 12.1. The monoisotopic (exact) mass is 267 g/mol. The average Bonchev–Trinajstić information content (AvgIpc) is 2.39. The zero-order chi connectivity index (χ0) is 13.1. The van der Waals surface area contributed by atoms with E-state index in [-0.39, 0.29) is 40.9 Å². The molecule has 6 nitrogen and oxygen atoms in total. The second-order valence-electron chi connectivity index (χ2n) is 3.61. The Labute approximate surface area is 130 Å². The molecule has 0 radical (unpaired) electrons. The number of nitro groups is 2. The first-order valence-corrected chi connectivity index (χ1v) is 5.07. The molecule has 0 spiro atoms. The zero-order valence-electron chi connectivity index (χ0n) is 10.1. The Kier molecular flexibility index (Phi) is 5.17. The van der Waals surface area contributed by atoms with Crippen LogP contribution in [0.3, 0.4) is 0 Å². The van der Waals surface area contributed by atoms with Crippen LogP contribution in [-0.4, -0.2) is 9.85 Å². The van der Waals surface area contributed by atoms with Crippen LogP contribution in [0, 0.1) is 20.2 Å².